The van der Waals surface area contributed by atoms with Crippen LogP contribution in [-0.4, -0.2) is 20.2 Å². The van der Waals surface area contributed by atoms with Crippen LogP contribution in [0.25, 0.3) is 0 Å². The summed E-state index contributed by atoms with van der Waals surface area (Å²) in [5, 5.41) is 0. The number of sulfonamides is 1. The van der Waals surface area contributed by atoms with Crippen molar-refractivity contribution in [3.63, 3.8) is 0 Å². The molecule has 3 rings (SSSR count). The summed E-state index contributed by atoms with van der Waals surface area (Å²) >= 11 is 0. The molecule has 3 aromatic rings. The molecule has 3 aromatic carbocycles. The Bertz CT molecular complexity index is 1190. The Hall–Kier alpha value is -3.49. The fourth-order valence-corrected chi connectivity index (χ4v) is 4.19. The van der Waals surface area contributed by atoms with Gasteiger partial charge in [0.2, 0.25) is 15.9 Å². The highest BCUT2D eigenvalue weighted by Gasteiger charge is 2.16. The van der Waals surface area contributed by atoms with Crippen molar-refractivity contribution in [3.05, 3.63) is 101 Å². The molecule has 0 aromatic heterocycles. The minimum absolute atomic E-state index is 0.0319. The van der Waals surface area contributed by atoms with Gasteiger partial charge in [-0.1, -0.05) is 66.2 Å². The number of rotatable bonds is 9. The Morgan fingerprint density at radius 1 is 0.818 bits per heavy atom. The van der Waals surface area contributed by atoms with Crippen molar-refractivity contribution in [2.45, 2.75) is 37.6 Å². The predicted octanol–water partition coefficient (Wildman–Crippen LogP) is 3.26. The molecule has 0 bridgehead atoms. The Labute approximate surface area is 194 Å². The van der Waals surface area contributed by atoms with E-state index in [1.807, 2.05) is 61.5 Å². The van der Waals surface area contributed by atoms with Crippen molar-refractivity contribution in [3.8, 4) is 0 Å². The van der Waals surface area contributed by atoms with E-state index in [1.54, 1.807) is 0 Å². The molecule has 0 saturated heterocycles. The molecule has 0 aliphatic heterocycles. The van der Waals surface area contributed by atoms with Crippen LogP contribution in [0, 0.1) is 6.92 Å². The molecule has 0 fully saturated rings. The fourth-order valence-electron chi connectivity index (χ4n) is 3.13. The third-order valence-electron chi connectivity index (χ3n) is 5.02. The summed E-state index contributed by atoms with van der Waals surface area (Å²) in [6, 6.07) is 22.9. The zero-order valence-corrected chi connectivity index (χ0v) is 19.2. The molecular weight excluding hydrogens is 438 g/mol. The van der Waals surface area contributed by atoms with E-state index in [2.05, 4.69) is 15.6 Å². The third-order valence-corrected chi connectivity index (χ3v) is 6.42. The Balaban J connectivity index is 1.49. The van der Waals surface area contributed by atoms with Crippen LogP contribution < -0.4 is 15.6 Å². The van der Waals surface area contributed by atoms with Gasteiger partial charge in [-0.25, -0.2) is 13.1 Å². The van der Waals surface area contributed by atoms with Gasteiger partial charge in [-0.2, -0.15) is 0 Å². The van der Waals surface area contributed by atoms with Gasteiger partial charge in [0.1, 0.15) is 0 Å². The molecule has 0 aliphatic carbocycles. The quantitative estimate of drug-likeness (QED) is 0.422. The first kappa shape index (κ1) is 24.2. The highest BCUT2D eigenvalue weighted by molar-refractivity contribution is 7.89. The maximum Gasteiger partial charge on any atom is 0.269 e. The number of benzene rings is 3. The first-order chi connectivity index (χ1) is 15.8. The van der Waals surface area contributed by atoms with E-state index in [9.17, 15) is 18.0 Å². The van der Waals surface area contributed by atoms with Gasteiger partial charge in [0.15, 0.2) is 0 Å². The standard InChI is InChI=1S/C25H27N3O4S/c1-19-13-15-20(16-14-19)9-5-12-24(29)27-28-25(30)22-10-6-11-23(17-22)33(31,32)26-18-21-7-3-2-4-8-21/h2-4,6-8,10-11,13-17,26H,5,9,12,18H2,1H3,(H,27,29)(H,28,30). The Morgan fingerprint density at radius 2 is 1.55 bits per heavy atom. The van der Waals surface area contributed by atoms with Gasteiger partial charge in [0.05, 0.1) is 4.90 Å². The summed E-state index contributed by atoms with van der Waals surface area (Å²) in [6.07, 6.45) is 1.66. The number of hydrogen-bond acceptors (Lipinski definition) is 4. The van der Waals surface area contributed by atoms with Crippen molar-refractivity contribution in [1.29, 1.82) is 0 Å². The molecular formula is C25H27N3O4S. The topological polar surface area (TPSA) is 104 Å². The second-order valence-corrected chi connectivity index (χ2v) is 9.45. The lowest BCUT2D eigenvalue weighted by Crippen LogP contribution is -2.41. The van der Waals surface area contributed by atoms with Crippen LogP contribution in [-0.2, 0) is 27.8 Å². The van der Waals surface area contributed by atoms with Crippen LogP contribution in [0.5, 0.6) is 0 Å². The molecule has 3 N–H and O–H groups in total. The van der Waals surface area contributed by atoms with Gasteiger partial charge < -0.3 is 0 Å². The molecule has 0 unspecified atom stereocenters. The maximum atomic E-state index is 12.6. The molecule has 7 nitrogen and oxygen atoms in total. The molecule has 33 heavy (non-hydrogen) atoms. The van der Waals surface area contributed by atoms with Gasteiger partial charge in [0.25, 0.3) is 5.91 Å². The third kappa shape index (κ3) is 7.55. The predicted molar refractivity (Wildman–Crippen MR) is 127 cm³/mol. The Morgan fingerprint density at radius 3 is 2.27 bits per heavy atom. The van der Waals surface area contributed by atoms with Crippen LogP contribution in [0.2, 0.25) is 0 Å². The van der Waals surface area contributed by atoms with Gasteiger partial charge in [-0.15, -0.1) is 0 Å². The summed E-state index contributed by atoms with van der Waals surface area (Å²) in [5.74, 6) is -0.911. The summed E-state index contributed by atoms with van der Waals surface area (Å²) in [5.41, 5.74) is 7.99. The summed E-state index contributed by atoms with van der Waals surface area (Å²) in [7, 11) is -3.80. The summed E-state index contributed by atoms with van der Waals surface area (Å²) < 4.78 is 27.7. The van der Waals surface area contributed by atoms with Gasteiger partial charge in [-0.05, 0) is 49.1 Å². The smallest absolute Gasteiger partial charge is 0.269 e. The zero-order valence-electron chi connectivity index (χ0n) is 18.4. The SMILES string of the molecule is Cc1ccc(CCCC(=O)NNC(=O)c2cccc(S(=O)(=O)NCc3ccccc3)c2)cc1. The number of carbonyl (C=O) groups excluding carboxylic acids is 2. The molecule has 0 heterocycles. The van der Waals surface area contributed by atoms with Crippen LogP contribution in [0.3, 0.4) is 0 Å². The highest BCUT2D eigenvalue weighted by atomic mass is 32.2. The van der Waals surface area contributed by atoms with E-state index < -0.39 is 15.9 Å². The summed E-state index contributed by atoms with van der Waals surface area (Å²) in [6.45, 7) is 2.16. The fraction of sp³-hybridized carbons (Fsp3) is 0.200. The lowest BCUT2D eigenvalue weighted by molar-refractivity contribution is -0.121. The van der Waals surface area contributed by atoms with Crippen LogP contribution in [0.1, 0.15) is 39.9 Å². The van der Waals surface area contributed by atoms with E-state index in [1.165, 1.54) is 29.8 Å². The van der Waals surface area contributed by atoms with Crippen molar-refractivity contribution in [1.82, 2.24) is 15.6 Å². The van der Waals surface area contributed by atoms with Gasteiger partial charge in [0, 0.05) is 18.5 Å². The average molecular weight is 466 g/mol. The van der Waals surface area contributed by atoms with Crippen molar-refractivity contribution in [2.24, 2.45) is 0 Å². The van der Waals surface area contributed by atoms with Crippen LogP contribution >= 0.6 is 0 Å². The lowest BCUT2D eigenvalue weighted by atomic mass is 10.1. The molecule has 172 valence electrons. The number of hydrogen-bond donors (Lipinski definition) is 3. The number of hydrazine groups is 1. The first-order valence-corrected chi connectivity index (χ1v) is 12.1. The molecule has 0 spiro atoms. The normalized spacial score (nSPS) is 11.1. The lowest BCUT2D eigenvalue weighted by Gasteiger charge is -2.10. The molecule has 8 heteroatoms. The zero-order chi connectivity index (χ0) is 23.7. The van der Waals surface area contributed by atoms with E-state index in [-0.39, 0.29) is 29.3 Å². The molecule has 0 atom stereocenters. The number of carbonyl (C=O) groups is 2. The summed E-state index contributed by atoms with van der Waals surface area (Å²) in [4.78, 5) is 24.4. The minimum Gasteiger partial charge on any atom is -0.273 e. The van der Waals surface area contributed by atoms with E-state index >= 15 is 0 Å². The van der Waals surface area contributed by atoms with Crippen LogP contribution in [0.15, 0.2) is 83.8 Å². The molecule has 0 radical (unpaired) electrons. The van der Waals surface area contributed by atoms with E-state index in [0.717, 1.165) is 17.5 Å². The average Bonchev–Trinajstić information content (AvgIpc) is 2.83. The molecule has 0 saturated carbocycles. The Kier molecular flexibility index (Phi) is 8.34. The van der Waals surface area contributed by atoms with Crippen molar-refractivity contribution < 1.29 is 18.0 Å². The van der Waals surface area contributed by atoms with Crippen molar-refractivity contribution >= 4 is 21.8 Å². The van der Waals surface area contributed by atoms with E-state index in [4.69, 9.17) is 0 Å². The van der Waals surface area contributed by atoms with Gasteiger partial charge in [-0.3, -0.25) is 20.4 Å². The molecule has 0 aliphatic rings. The van der Waals surface area contributed by atoms with Crippen molar-refractivity contribution in [2.75, 3.05) is 0 Å². The number of aryl methyl sites for hydroxylation is 2. The highest BCUT2D eigenvalue weighted by Crippen LogP contribution is 2.12. The molecule has 2 amide bonds. The number of amides is 2. The van der Waals surface area contributed by atoms with Gasteiger partial charge >= 0.3 is 0 Å². The number of nitrogens with one attached hydrogen (secondary N) is 3. The largest absolute Gasteiger partial charge is 0.273 e. The minimum atomic E-state index is -3.80. The second-order valence-electron chi connectivity index (χ2n) is 7.68. The second kappa shape index (κ2) is 11.4. The van der Waals surface area contributed by atoms with Crippen LogP contribution in [0.4, 0.5) is 0 Å². The first-order valence-electron chi connectivity index (χ1n) is 10.6. The maximum absolute atomic E-state index is 12.6. The van der Waals surface area contributed by atoms with E-state index in [0.29, 0.717) is 6.42 Å². The monoisotopic (exact) mass is 465 g/mol.